The molecule has 1 aliphatic carbocycles. The van der Waals surface area contributed by atoms with Crippen LogP contribution in [-0.4, -0.2) is 52.8 Å². The zero-order valence-electron chi connectivity index (χ0n) is 24.2. The Morgan fingerprint density at radius 2 is 1.65 bits per heavy atom. The zero-order chi connectivity index (χ0) is 30.3. The third-order valence-corrected chi connectivity index (χ3v) is 7.50. The van der Waals surface area contributed by atoms with Gasteiger partial charge >= 0.3 is 0 Å². The molecule has 1 amide bonds. The second-order valence-corrected chi connectivity index (χ2v) is 10.9. The molecule has 5 rings (SSSR count). The summed E-state index contributed by atoms with van der Waals surface area (Å²) in [4.78, 5) is 48.0. The van der Waals surface area contributed by atoms with Gasteiger partial charge < -0.3 is 20.3 Å². The van der Waals surface area contributed by atoms with Crippen molar-refractivity contribution in [1.29, 1.82) is 0 Å². The van der Waals surface area contributed by atoms with E-state index in [9.17, 15) is 19.7 Å². The number of fused-ring (bicyclic) bond motifs is 1. The molecule has 0 unspecified atom stereocenters. The molecule has 1 aliphatic rings. The molecule has 2 N–H and O–H groups in total. The van der Waals surface area contributed by atoms with Gasteiger partial charge in [-0.2, -0.15) is 4.98 Å². The van der Waals surface area contributed by atoms with Crippen molar-refractivity contribution in [2.45, 2.75) is 50.8 Å². The first-order valence-corrected chi connectivity index (χ1v) is 14.2. The number of nitro groups is 1. The number of hydrogen-bond acceptors (Lipinski definition) is 9. The number of anilines is 2. The van der Waals surface area contributed by atoms with Crippen LogP contribution in [0.4, 0.5) is 17.5 Å². The molecule has 0 bridgehead atoms. The Kier molecular flexibility index (Phi) is 9.09. The lowest BCUT2D eigenvalue weighted by Gasteiger charge is -2.29. The number of Topliss-reactive ketones (excluding diaryl/α,β-unsaturated/α-hetero) is 1. The number of hydrogen-bond donors (Lipinski definition) is 2. The minimum Gasteiger partial charge on any atom is -0.489 e. The van der Waals surface area contributed by atoms with Crippen molar-refractivity contribution in [1.82, 2.24) is 15.3 Å². The third-order valence-electron chi connectivity index (χ3n) is 7.50. The first-order valence-electron chi connectivity index (χ1n) is 14.2. The third kappa shape index (κ3) is 7.42. The van der Waals surface area contributed by atoms with Gasteiger partial charge in [-0.1, -0.05) is 42.5 Å². The molecule has 0 saturated heterocycles. The van der Waals surface area contributed by atoms with Crippen molar-refractivity contribution in [2.75, 3.05) is 24.3 Å². The summed E-state index contributed by atoms with van der Waals surface area (Å²) in [5.74, 6) is 0.304. The van der Waals surface area contributed by atoms with E-state index in [4.69, 9.17) is 9.72 Å². The van der Waals surface area contributed by atoms with Gasteiger partial charge in [-0.05, 0) is 55.5 Å². The van der Waals surface area contributed by atoms with Gasteiger partial charge in [0.25, 0.3) is 11.6 Å². The average molecular weight is 583 g/mol. The van der Waals surface area contributed by atoms with Crippen molar-refractivity contribution < 1.29 is 19.2 Å². The van der Waals surface area contributed by atoms with Crippen LogP contribution in [0.3, 0.4) is 0 Å². The Bertz CT molecular complexity index is 1620. The molecule has 0 aliphatic heterocycles. The second kappa shape index (κ2) is 13.3. The monoisotopic (exact) mass is 582 g/mol. The maximum Gasteiger partial charge on any atom is 0.287 e. The summed E-state index contributed by atoms with van der Waals surface area (Å²) in [7, 11) is 3.89. The van der Waals surface area contributed by atoms with E-state index in [1.807, 2.05) is 73.6 Å². The van der Waals surface area contributed by atoms with Crippen LogP contribution >= 0.6 is 0 Å². The molecule has 43 heavy (non-hydrogen) atoms. The molecule has 1 fully saturated rings. The number of aromatic nitrogens is 2. The van der Waals surface area contributed by atoms with E-state index in [0.29, 0.717) is 24.5 Å². The average Bonchev–Trinajstić information content (AvgIpc) is 3.01. The van der Waals surface area contributed by atoms with Gasteiger partial charge in [0.2, 0.25) is 11.7 Å². The molecule has 11 heteroatoms. The number of carbonyl (C=O) groups excluding carboxylic acids is 2. The lowest BCUT2D eigenvalue weighted by molar-refractivity contribution is -0.385. The minimum absolute atomic E-state index is 0.126. The maximum absolute atomic E-state index is 12.8. The number of nitro benzene ring substituents is 1. The molecule has 0 atom stereocenters. The molecular weight excluding hydrogens is 548 g/mol. The Labute approximate surface area is 249 Å². The molecule has 4 aromatic rings. The van der Waals surface area contributed by atoms with E-state index in [1.54, 1.807) is 0 Å². The number of amides is 1. The highest BCUT2D eigenvalue weighted by Crippen LogP contribution is 2.28. The van der Waals surface area contributed by atoms with E-state index in [0.717, 1.165) is 35.1 Å². The Morgan fingerprint density at radius 1 is 0.953 bits per heavy atom. The van der Waals surface area contributed by atoms with Gasteiger partial charge in [-0.25, -0.2) is 4.98 Å². The highest BCUT2D eigenvalue weighted by Gasteiger charge is 2.27. The van der Waals surface area contributed by atoms with E-state index >= 15 is 0 Å². The molecule has 1 aromatic heterocycles. The predicted octanol–water partition coefficient (Wildman–Crippen LogP) is 4.83. The van der Waals surface area contributed by atoms with Crippen LogP contribution in [0.15, 0.2) is 72.8 Å². The summed E-state index contributed by atoms with van der Waals surface area (Å²) in [6.07, 6.45) is 2.48. The lowest BCUT2D eigenvalue weighted by atomic mass is 9.91. The van der Waals surface area contributed by atoms with Crippen LogP contribution in [0.1, 0.15) is 36.8 Å². The van der Waals surface area contributed by atoms with Crippen LogP contribution < -0.4 is 20.3 Å². The minimum atomic E-state index is -0.741. The van der Waals surface area contributed by atoms with Crippen LogP contribution in [0, 0.1) is 10.1 Å². The van der Waals surface area contributed by atoms with Gasteiger partial charge in [0.15, 0.2) is 0 Å². The van der Waals surface area contributed by atoms with Gasteiger partial charge in [0.1, 0.15) is 18.2 Å². The van der Waals surface area contributed by atoms with Crippen molar-refractivity contribution in [3.8, 4) is 5.75 Å². The molecule has 222 valence electrons. The number of benzene rings is 3. The van der Waals surface area contributed by atoms with Crippen LogP contribution in [0.25, 0.3) is 10.9 Å². The Hall–Kier alpha value is -5.06. The summed E-state index contributed by atoms with van der Waals surface area (Å²) in [5.41, 5.74) is 1.70. The fourth-order valence-corrected chi connectivity index (χ4v) is 5.26. The van der Waals surface area contributed by atoms with E-state index in [1.165, 1.54) is 18.2 Å². The summed E-state index contributed by atoms with van der Waals surface area (Å²) in [6.45, 7) is 0.272. The van der Waals surface area contributed by atoms with Crippen molar-refractivity contribution in [2.24, 2.45) is 0 Å². The molecule has 0 spiro atoms. The predicted molar refractivity (Wildman–Crippen MR) is 164 cm³/mol. The number of ether oxygens (including phenoxy) is 1. The fourth-order valence-electron chi connectivity index (χ4n) is 5.26. The summed E-state index contributed by atoms with van der Waals surface area (Å²) in [5, 5.41) is 18.8. The lowest BCUT2D eigenvalue weighted by Crippen LogP contribution is -2.43. The summed E-state index contributed by atoms with van der Waals surface area (Å²) in [6, 6.07) is 21.6. The van der Waals surface area contributed by atoms with Gasteiger partial charge in [0, 0.05) is 49.6 Å². The van der Waals surface area contributed by atoms with E-state index in [-0.39, 0.29) is 29.9 Å². The summed E-state index contributed by atoms with van der Waals surface area (Å²) >= 11 is 0. The largest absolute Gasteiger partial charge is 0.489 e. The van der Waals surface area contributed by atoms with Crippen molar-refractivity contribution in [3.05, 3.63) is 94.0 Å². The summed E-state index contributed by atoms with van der Waals surface area (Å²) < 4.78 is 5.77. The van der Waals surface area contributed by atoms with Crippen LogP contribution in [0.5, 0.6) is 5.75 Å². The number of carbonyl (C=O) groups is 2. The molecule has 3 aromatic carbocycles. The molecular formula is C32H34N6O5. The highest BCUT2D eigenvalue weighted by molar-refractivity contribution is 6.36. The normalized spacial score (nSPS) is 16.3. The maximum atomic E-state index is 12.8. The van der Waals surface area contributed by atoms with Gasteiger partial charge in [-0.15, -0.1) is 0 Å². The van der Waals surface area contributed by atoms with E-state index < -0.39 is 23.0 Å². The topological polar surface area (TPSA) is 140 Å². The van der Waals surface area contributed by atoms with Crippen LogP contribution in [0.2, 0.25) is 0 Å². The first-order chi connectivity index (χ1) is 20.8. The van der Waals surface area contributed by atoms with Crippen LogP contribution in [-0.2, 0) is 22.6 Å². The molecule has 0 radical (unpaired) electrons. The number of nitrogens with zero attached hydrogens (tertiary/aromatic N) is 4. The van der Waals surface area contributed by atoms with Gasteiger partial charge in [-0.3, -0.25) is 19.7 Å². The number of para-hydroxylation sites is 1. The second-order valence-electron chi connectivity index (χ2n) is 10.9. The number of rotatable bonds is 11. The number of nitrogens with one attached hydrogen (secondary N) is 2. The highest BCUT2D eigenvalue weighted by atomic mass is 16.6. The van der Waals surface area contributed by atoms with Crippen molar-refractivity contribution in [3.63, 3.8) is 0 Å². The number of ketones is 1. The Morgan fingerprint density at radius 3 is 2.37 bits per heavy atom. The van der Waals surface area contributed by atoms with E-state index in [2.05, 4.69) is 15.6 Å². The quantitative estimate of drug-likeness (QED) is 0.145. The molecule has 11 nitrogen and oxygen atoms in total. The smallest absolute Gasteiger partial charge is 0.287 e. The molecule has 1 heterocycles. The SMILES string of the molecule is CN(C)c1nc(N[C@H]2CC[C@@H](NC(=O)C(=O)Cc3cc(OCc4ccccc4)ccc3[N+](=O)[O-])CC2)nc2ccccc12. The molecule has 1 saturated carbocycles. The van der Waals surface area contributed by atoms with Gasteiger partial charge in [0.05, 0.1) is 10.4 Å². The fraction of sp³-hybridized carbons (Fsp3) is 0.312. The zero-order valence-corrected chi connectivity index (χ0v) is 24.2. The Balaban J connectivity index is 1.15. The standard InChI is InChI=1S/C32H34N6O5/c1-37(2)30-26-10-6-7-11-27(26)35-32(36-30)34-24-14-12-23(13-15-24)33-31(40)29(39)19-22-18-25(16-17-28(22)38(41)42)43-20-21-8-4-3-5-9-21/h3-11,16-18,23-24H,12-15,19-20H2,1-2H3,(H,33,40)(H,34,35,36)/t23-,24+. The van der Waals surface area contributed by atoms with Crippen molar-refractivity contribution >= 4 is 40.0 Å². The first kappa shape index (κ1) is 29.4.